The van der Waals surface area contributed by atoms with E-state index in [0.717, 1.165) is 11.1 Å². The van der Waals surface area contributed by atoms with Gasteiger partial charge in [-0.1, -0.05) is 18.2 Å². The van der Waals surface area contributed by atoms with Crippen LogP contribution >= 0.6 is 0 Å². The van der Waals surface area contributed by atoms with E-state index in [4.69, 9.17) is 9.47 Å². The molecule has 1 N–H and O–H groups in total. The number of methoxy groups -OCH3 is 1. The average molecular weight is 410 g/mol. The third kappa shape index (κ3) is 4.01. The highest BCUT2D eigenvalue weighted by Crippen LogP contribution is 2.32. The molecule has 7 heteroatoms. The Labute approximate surface area is 176 Å². The Kier molecular flexibility index (Phi) is 5.82. The maximum atomic E-state index is 13.1. The molecule has 3 rings (SSSR count). The Hall–Kier alpha value is -3.35. The summed E-state index contributed by atoms with van der Waals surface area (Å²) in [4.78, 5) is 38.9. The zero-order chi connectivity index (χ0) is 22.1. The van der Waals surface area contributed by atoms with Crippen LogP contribution in [0.5, 0.6) is 5.75 Å². The van der Waals surface area contributed by atoms with Crippen molar-refractivity contribution in [1.82, 2.24) is 10.2 Å². The van der Waals surface area contributed by atoms with Gasteiger partial charge >= 0.3 is 12.0 Å². The Morgan fingerprint density at radius 1 is 1.13 bits per heavy atom. The number of amides is 3. The van der Waals surface area contributed by atoms with E-state index in [1.807, 2.05) is 13.0 Å². The third-order valence-electron chi connectivity index (χ3n) is 5.12. The molecule has 0 radical (unpaired) electrons. The summed E-state index contributed by atoms with van der Waals surface area (Å²) >= 11 is 0. The zero-order valence-electron chi connectivity index (χ0n) is 17.8. The van der Waals surface area contributed by atoms with Crippen molar-refractivity contribution >= 4 is 17.9 Å². The lowest BCUT2D eigenvalue weighted by molar-refractivity contribution is -0.131. The molecule has 158 valence electrons. The standard InChI is InChI=1S/C23H26N2O5/c1-14(2)30-20(26)17-8-6-16(7-9-17)13-25-21(27)23(4,24-22(25)28)18-10-11-19(29-5)15(3)12-18/h6-12,14H,13H2,1-5H3,(H,24,28). The lowest BCUT2D eigenvalue weighted by Crippen LogP contribution is -2.40. The second-order valence-corrected chi connectivity index (χ2v) is 7.78. The van der Waals surface area contributed by atoms with Crippen LogP contribution in [0.4, 0.5) is 4.79 Å². The van der Waals surface area contributed by atoms with Crippen molar-refractivity contribution in [2.45, 2.75) is 45.9 Å². The van der Waals surface area contributed by atoms with Crippen LogP contribution in [0.25, 0.3) is 0 Å². The number of rotatable bonds is 6. The monoisotopic (exact) mass is 410 g/mol. The smallest absolute Gasteiger partial charge is 0.338 e. The first kappa shape index (κ1) is 21.4. The number of carbonyl (C=O) groups excluding carboxylic acids is 3. The summed E-state index contributed by atoms with van der Waals surface area (Å²) in [5.74, 6) is -0.0265. The van der Waals surface area contributed by atoms with Crippen molar-refractivity contribution in [2.24, 2.45) is 0 Å². The van der Waals surface area contributed by atoms with E-state index in [2.05, 4.69) is 5.32 Å². The van der Waals surface area contributed by atoms with Crippen molar-refractivity contribution in [1.29, 1.82) is 0 Å². The van der Waals surface area contributed by atoms with Gasteiger partial charge in [0, 0.05) is 0 Å². The molecule has 1 fully saturated rings. The van der Waals surface area contributed by atoms with Gasteiger partial charge in [-0.15, -0.1) is 0 Å². The van der Waals surface area contributed by atoms with E-state index < -0.39 is 17.5 Å². The molecule has 2 aromatic carbocycles. The summed E-state index contributed by atoms with van der Waals surface area (Å²) in [5.41, 5.74) is 1.56. The highest BCUT2D eigenvalue weighted by Gasteiger charge is 2.49. The first-order chi connectivity index (χ1) is 14.2. The normalized spacial score (nSPS) is 18.5. The van der Waals surface area contributed by atoms with Crippen LogP contribution in [-0.2, 0) is 21.6 Å². The molecule has 30 heavy (non-hydrogen) atoms. The van der Waals surface area contributed by atoms with E-state index in [-0.39, 0.29) is 18.6 Å². The van der Waals surface area contributed by atoms with Gasteiger partial charge in [0.15, 0.2) is 0 Å². The average Bonchev–Trinajstić information content (AvgIpc) is 2.92. The van der Waals surface area contributed by atoms with Gasteiger partial charge in [-0.05, 0) is 68.7 Å². The Bertz CT molecular complexity index is 984. The van der Waals surface area contributed by atoms with Crippen LogP contribution in [0, 0.1) is 6.92 Å². The number of aryl methyl sites for hydroxylation is 1. The van der Waals surface area contributed by atoms with Crippen molar-refractivity contribution in [3.63, 3.8) is 0 Å². The second kappa shape index (κ2) is 8.18. The van der Waals surface area contributed by atoms with Crippen LogP contribution in [-0.4, -0.2) is 36.0 Å². The fourth-order valence-corrected chi connectivity index (χ4v) is 3.44. The Morgan fingerprint density at radius 2 is 1.80 bits per heavy atom. The third-order valence-corrected chi connectivity index (χ3v) is 5.12. The molecule has 7 nitrogen and oxygen atoms in total. The minimum atomic E-state index is -1.16. The first-order valence-corrected chi connectivity index (χ1v) is 9.75. The molecule has 1 atom stereocenters. The SMILES string of the molecule is COc1ccc(C2(C)NC(=O)N(Cc3ccc(C(=O)OC(C)C)cc3)C2=O)cc1C. The molecule has 0 saturated carbocycles. The highest BCUT2D eigenvalue weighted by molar-refractivity contribution is 6.07. The van der Waals surface area contributed by atoms with Gasteiger partial charge < -0.3 is 14.8 Å². The molecule has 0 aliphatic carbocycles. The zero-order valence-corrected chi connectivity index (χ0v) is 17.8. The molecule has 3 amide bonds. The minimum absolute atomic E-state index is 0.106. The molecule has 0 bridgehead atoms. The van der Waals surface area contributed by atoms with Crippen molar-refractivity contribution in [2.75, 3.05) is 7.11 Å². The molecule has 1 unspecified atom stereocenters. The van der Waals surface area contributed by atoms with Gasteiger partial charge in [-0.25, -0.2) is 9.59 Å². The number of carbonyl (C=O) groups is 3. The lowest BCUT2D eigenvalue weighted by atomic mass is 9.90. The molecule has 1 aliphatic heterocycles. The number of urea groups is 1. The Morgan fingerprint density at radius 3 is 2.37 bits per heavy atom. The van der Waals surface area contributed by atoms with E-state index in [0.29, 0.717) is 16.9 Å². The van der Waals surface area contributed by atoms with E-state index >= 15 is 0 Å². The number of hydrogen-bond donors (Lipinski definition) is 1. The van der Waals surface area contributed by atoms with Gasteiger partial charge in [-0.2, -0.15) is 0 Å². The molecule has 2 aromatic rings. The maximum absolute atomic E-state index is 13.1. The number of ether oxygens (including phenoxy) is 2. The topological polar surface area (TPSA) is 84.9 Å². The van der Waals surface area contributed by atoms with E-state index in [1.165, 1.54) is 4.90 Å². The molecule has 1 aliphatic rings. The minimum Gasteiger partial charge on any atom is -0.496 e. The van der Waals surface area contributed by atoms with E-state index in [9.17, 15) is 14.4 Å². The number of benzene rings is 2. The van der Waals surface area contributed by atoms with Crippen molar-refractivity contribution in [3.8, 4) is 5.75 Å². The molecular weight excluding hydrogens is 384 g/mol. The number of esters is 1. The van der Waals surface area contributed by atoms with Crippen molar-refractivity contribution < 1.29 is 23.9 Å². The van der Waals surface area contributed by atoms with Gasteiger partial charge in [-0.3, -0.25) is 9.69 Å². The summed E-state index contributed by atoms with van der Waals surface area (Å²) in [6, 6.07) is 11.6. The summed E-state index contributed by atoms with van der Waals surface area (Å²) < 4.78 is 10.4. The molecule has 0 aromatic heterocycles. The van der Waals surface area contributed by atoms with E-state index in [1.54, 1.807) is 64.3 Å². The second-order valence-electron chi connectivity index (χ2n) is 7.78. The highest BCUT2D eigenvalue weighted by atomic mass is 16.5. The number of hydrogen-bond acceptors (Lipinski definition) is 5. The summed E-state index contributed by atoms with van der Waals surface area (Å²) in [6.07, 6.45) is -0.206. The van der Waals surface area contributed by atoms with Gasteiger partial charge in [0.05, 0.1) is 25.3 Å². The molecule has 1 saturated heterocycles. The predicted octanol–water partition coefficient (Wildman–Crippen LogP) is 3.54. The van der Waals surface area contributed by atoms with Gasteiger partial charge in [0.1, 0.15) is 11.3 Å². The maximum Gasteiger partial charge on any atom is 0.338 e. The fourth-order valence-electron chi connectivity index (χ4n) is 3.44. The number of imide groups is 1. The number of nitrogens with one attached hydrogen (secondary N) is 1. The summed E-state index contributed by atoms with van der Waals surface area (Å²) in [7, 11) is 1.59. The number of nitrogens with zero attached hydrogens (tertiary/aromatic N) is 1. The quantitative estimate of drug-likeness (QED) is 0.582. The predicted molar refractivity (Wildman–Crippen MR) is 111 cm³/mol. The fraction of sp³-hybridized carbons (Fsp3) is 0.348. The van der Waals surface area contributed by atoms with Crippen LogP contribution in [0.15, 0.2) is 42.5 Å². The van der Waals surface area contributed by atoms with Crippen LogP contribution in [0.2, 0.25) is 0 Å². The molecule has 1 heterocycles. The van der Waals surface area contributed by atoms with Crippen LogP contribution < -0.4 is 10.1 Å². The summed E-state index contributed by atoms with van der Waals surface area (Å²) in [5, 5.41) is 2.81. The summed E-state index contributed by atoms with van der Waals surface area (Å²) in [6.45, 7) is 7.25. The van der Waals surface area contributed by atoms with Crippen LogP contribution in [0.1, 0.15) is 47.8 Å². The van der Waals surface area contributed by atoms with Crippen LogP contribution in [0.3, 0.4) is 0 Å². The molecular formula is C23H26N2O5. The van der Waals surface area contributed by atoms with Gasteiger partial charge in [0.2, 0.25) is 0 Å². The Balaban J connectivity index is 1.78. The van der Waals surface area contributed by atoms with Crippen molar-refractivity contribution in [3.05, 3.63) is 64.7 Å². The first-order valence-electron chi connectivity index (χ1n) is 9.75. The van der Waals surface area contributed by atoms with Gasteiger partial charge in [0.25, 0.3) is 5.91 Å². The molecule has 0 spiro atoms. The largest absolute Gasteiger partial charge is 0.496 e. The lowest BCUT2D eigenvalue weighted by Gasteiger charge is -2.23.